The lowest BCUT2D eigenvalue weighted by Crippen LogP contribution is -2.14. The number of hydrogen-bond donors (Lipinski definition) is 3. The molecule has 0 atom stereocenters. The quantitative estimate of drug-likeness (QED) is 0.440. The van der Waals surface area contributed by atoms with Crippen molar-refractivity contribution in [3.8, 4) is 0 Å². The number of aromatic nitrogens is 4. The van der Waals surface area contributed by atoms with E-state index >= 15 is 0 Å². The summed E-state index contributed by atoms with van der Waals surface area (Å²) in [5.74, 6) is 0.450. The Labute approximate surface area is 159 Å². The molecule has 27 heavy (non-hydrogen) atoms. The second kappa shape index (κ2) is 6.51. The van der Waals surface area contributed by atoms with Gasteiger partial charge in [0, 0.05) is 19.4 Å². The van der Waals surface area contributed by atoms with Gasteiger partial charge in [-0.3, -0.25) is 0 Å². The fourth-order valence-corrected chi connectivity index (χ4v) is 3.77. The Kier molecular flexibility index (Phi) is 3.98. The van der Waals surface area contributed by atoms with Crippen LogP contribution >= 0.6 is 11.6 Å². The summed E-state index contributed by atoms with van der Waals surface area (Å²) in [6.45, 7) is 1.44. The van der Waals surface area contributed by atoms with Crippen LogP contribution in [0.15, 0.2) is 30.5 Å². The third kappa shape index (κ3) is 3.02. The van der Waals surface area contributed by atoms with E-state index in [1.165, 1.54) is 0 Å². The molecule has 5 rings (SSSR count). The van der Waals surface area contributed by atoms with Crippen LogP contribution in [0, 0.1) is 5.82 Å². The molecular weight excluding hydrogens is 369 g/mol. The largest absolute Gasteiger partial charge is 0.381 e. The minimum atomic E-state index is -0.321. The zero-order valence-electron chi connectivity index (χ0n) is 14.4. The van der Waals surface area contributed by atoms with Crippen LogP contribution in [0.1, 0.15) is 24.3 Å². The molecule has 1 saturated heterocycles. The van der Waals surface area contributed by atoms with Crippen molar-refractivity contribution in [2.24, 2.45) is 0 Å². The van der Waals surface area contributed by atoms with Gasteiger partial charge in [-0.25, -0.2) is 14.4 Å². The number of nitrogens with one attached hydrogen (secondary N) is 3. The summed E-state index contributed by atoms with van der Waals surface area (Å²) in [6, 6.07) is 7.15. The minimum absolute atomic E-state index is 0.317. The van der Waals surface area contributed by atoms with Crippen molar-refractivity contribution in [1.29, 1.82) is 0 Å². The maximum atomic E-state index is 14.6. The van der Waals surface area contributed by atoms with Crippen molar-refractivity contribution in [2.75, 3.05) is 18.5 Å². The molecule has 3 N–H and O–H groups in total. The summed E-state index contributed by atoms with van der Waals surface area (Å²) < 4.78 is 20.0. The van der Waals surface area contributed by atoms with Gasteiger partial charge in [-0.15, -0.1) is 0 Å². The molecule has 1 aliphatic rings. The van der Waals surface area contributed by atoms with Gasteiger partial charge in [0.1, 0.15) is 16.2 Å². The molecule has 0 amide bonds. The Hall–Kier alpha value is -2.64. The smallest absolute Gasteiger partial charge is 0.205 e. The number of nitrogens with zero attached hydrogens (tertiary/aromatic N) is 2. The summed E-state index contributed by atoms with van der Waals surface area (Å²) in [4.78, 5) is 15.0. The van der Waals surface area contributed by atoms with Gasteiger partial charge >= 0.3 is 0 Å². The first-order chi connectivity index (χ1) is 13.2. The minimum Gasteiger partial charge on any atom is -0.381 e. The molecule has 138 valence electrons. The highest BCUT2D eigenvalue weighted by atomic mass is 35.5. The molecule has 6 nitrogen and oxygen atoms in total. The van der Waals surface area contributed by atoms with Crippen molar-refractivity contribution in [1.82, 2.24) is 19.9 Å². The SMILES string of the molecule is Fc1cc(C2CCOCC2)cc2[nH]c(Nc3c[nH]c4ccc(Cl)nc34)nc12. The predicted molar refractivity (Wildman–Crippen MR) is 103 cm³/mol. The van der Waals surface area contributed by atoms with E-state index < -0.39 is 0 Å². The lowest BCUT2D eigenvalue weighted by molar-refractivity contribution is 0.0853. The number of H-pyrrole nitrogens is 2. The predicted octanol–water partition coefficient (Wildman–Crippen LogP) is 4.87. The van der Waals surface area contributed by atoms with Crippen LogP contribution in [0.5, 0.6) is 0 Å². The van der Waals surface area contributed by atoms with Crippen molar-refractivity contribution in [2.45, 2.75) is 18.8 Å². The molecule has 1 aliphatic heterocycles. The van der Waals surface area contributed by atoms with E-state index in [2.05, 4.69) is 25.3 Å². The van der Waals surface area contributed by atoms with Crippen LogP contribution in [0.25, 0.3) is 22.1 Å². The Morgan fingerprint density at radius 1 is 1.11 bits per heavy atom. The molecule has 8 heteroatoms. The average molecular weight is 386 g/mol. The number of benzene rings is 1. The van der Waals surface area contributed by atoms with E-state index in [9.17, 15) is 4.39 Å². The average Bonchev–Trinajstić information content (AvgIpc) is 3.27. The number of rotatable bonds is 3. The molecule has 0 saturated carbocycles. The topological polar surface area (TPSA) is 78.6 Å². The molecule has 1 fully saturated rings. The third-order valence-corrected chi connectivity index (χ3v) is 5.21. The van der Waals surface area contributed by atoms with E-state index in [0.717, 1.165) is 42.8 Å². The van der Waals surface area contributed by atoms with Gasteiger partial charge in [-0.05, 0) is 48.6 Å². The van der Waals surface area contributed by atoms with Crippen molar-refractivity contribution in [3.63, 3.8) is 0 Å². The molecule has 3 aromatic heterocycles. The van der Waals surface area contributed by atoms with Crippen LogP contribution < -0.4 is 5.32 Å². The monoisotopic (exact) mass is 385 g/mol. The van der Waals surface area contributed by atoms with Gasteiger partial charge in [0.2, 0.25) is 5.95 Å². The second-order valence-electron chi connectivity index (χ2n) is 6.73. The first-order valence-electron chi connectivity index (χ1n) is 8.85. The molecule has 1 aromatic carbocycles. The van der Waals surface area contributed by atoms with Crippen molar-refractivity contribution >= 4 is 45.3 Å². The second-order valence-corrected chi connectivity index (χ2v) is 7.12. The summed E-state index contributed by atoms with van der Waals surface area (Å²) in [5.41, 5.74) is 4.25. The third-order valence-electron chi connectivity index (χ3n) is 5.00. The molecule has 0 radical (unpaired) electrons. The van der Waals surface area contributed by atoms with Crippen molar-refractivity contribution in [3.05, 3.63) is 47.0 Å². The molecule has 0 aliphatic carbocycles. The number of anilines is 2. The zero-order chi connectivity index (χ0) is 18.4. The number of hydrogen-bond acceptors (Lipinski definition) is 4. The number of halogens is 2. The van der Waals surface area contributed by atoms with Crippen LogP contribution in [0.2, 0.25) is 5.15 Å². The van der Waals surface area contributed by atoms with Crippen LogP contribution in [-0.4, -0.2) is 33.1 Å². The Bertz CT molecular complexity index is 1130. The first-order valence-corrected chi connectivity index (χ1v) is 9.23. The van der Waals surface area contributed by atoms with E-state index in [-0.39, 0.29) is 5.82 Å². The summed E-state index contributed by atoms with van der Waals surface area (Å²) in [5, 5.41) is 3.57. The molecule has 0 spiro atoms. The number of pyridine rings is 1. The number of fused-ring (bicyclic) bond motifs is 2. The summed E-state index contributed by atoms with van der Waals surface area (Å²) in [7, 11) is 0. The highest BCUT2D eigenvalue weighted by Gasteiger charge is 2.19. The van der Waals surface area contributed by atoms with Gasteiger partial charge in [-0.1, -0.05) is 11.6 Å². The molecule has 0 bridgehead atoms. The highest BCUT2D eigenvalue weighted by molar-refractivity contribution is 6.29. The maximum absolute atomic E-state index is 14.6. The number of imidazole rings is 1. The van der Waals surface area contributed by atoms with Gasteiger partial charge in [-0.2, -0.15) is 0 Å². The molecule has 4 heterocycles. The number of aromatic amines is 2. The van der Waals surface area contributed by atoms with Gasteiger partial charge in [0.05, 0.1) is 16.7 Å². The zero-order valence-corrected chi connectivity index (χ0v) is 15.1. The van der Waals surface area contributed by atoms with Gasteiger partial charge in [0.25, 0.3) is 0 Å². The van der Waals surface area contributed by atoms with Crippen LogP contribution in [-0.2, 0) is 4.74 Å². The van der Waals surface area contributed by atoms with E-state index in [1.807, 2.05) is 12.1 Å². The standard InChI is InChI=1S/C19H17ClFN5O/c20-16-2-1-13-18(25-16)15(9-22-13)24-19-23-14-8-11(7-12(21)17(14)26-19)10-3-5-27-6-4-10/h1-2,7-10,22H,3-6H2,(H2,23,24,26). The van der Waals surface area contributed by atoms with Crippen LogP contribution in [0.4, 0.5) is 16.0 Å². The Morgan fingerprint density at radius 2 is 1.96 bits per heavy atom. The summed E-state index contributed by atoms with van der Waals surface area (Å²) >= 11 is 5.99. The van der Waals surface area contributed by atoms with E-state index in [0.29, 0.717) is 33.6 Å². The molecule has 4 aromatic rings. The van der Waals surface area contributed by atoms with Crippen molar-refractivity contribution < 1.29 is 9.13 Å². The Morgan fingerprint density at radius 3 is 2.81 bits per heavy atom. The molecule has 0 unspecified atom stereocenters. The lowest BCUT2D eigenvalue weighted by Gasteiger charge is -2.22. The lowest BCUT2D eigenvalue weighted by atomic mass is 9.91. The molecular formula is C19H17ClFN5O. The highest BCUT2D eigenvalue weighted by Crippen LogP contribution is 2.31. The maximum Gasteiger partial charge on any atom is 0.205 e. The number of ether oxygens (including phenoxy) is 1. The fourth-order valence-electron chi connectivity index (χ4n) is 3.62. The Balaban J connectivity index is 1.50. The normalized spacial score (nSPS) is 15.6. The van der Waals surface area contributed by atoms with E-state index in [1.54, 1.807) is 18.3 Å². The fraction of sp³-hybridized carbons (Fsp3) is 0.263. The van der Waals surface area contributed by atoms with Crippen LogP contribution in [0.3, 0.4) is 0 Å². The summed E-state index contributed by atoms with van der Waals surface area (Å²) in [6.07, 6.45) is 3.60. The van der Waals surface area contributed by atoms with E-state index in [4.69, 9.17) is 16.3 Å². The van der Waals surface area contributed by atoms with Gasteiger partial charge < -0.3 is 20.0 Å². The van der Waals surface area contributed by atoms with Gasteiger partial charge in [0.15, 0.2) is 5.82 Å². The first kappa shape index (κ1) is 16.5.